The van der Waals surface area contributed by atoms with Crippen LogP contribution in [0, 0.1) is 0 Å². The van der Waals surface area contributed by atoms with Gasteiger partial charge in [-0.3, -0.25) is 4.79 Å². The third kappa shape index (κ3) is 3.65. The van der Waals surface area contributed by atoms with Crippen LogP contribution in [-0.4, -0.2) is 15.5 Å². The van der Waals surface area contributed by atoms with E-state index < -0.39 is 0 Å². The monoisotopic (exact) mass is 429 g/mol. The number of nitrogens with one attached hydrogen (secondary N) is 1. The molecule has 0 aliphatic rings. The first kappa shape index (κ1) is 19.0. The van der Waals surface area contributed by atoms with Crippen molar-refractivity contribution in [2.45, 2.75) is 19.9 Å². The molecule has 0 saturated carbocycles. The summed E-state index contributed by atoms with van der Waals surface area (Å²) >= 11 is 13.6. The van der Waals surface area contributed by atoms with E-state index in [0.29, 0.717) is 20.6 Å². The maximum absolute atomic E-state index is 12.7. The first-order chi connectivity index (χ1) is 13.6. The highest BCUT2D eigenvalue weighted by Crippen LogP contribution is 2.32. The topological polar surface area (TPSA) is 46.9 Å². The van der Waals surface area contributed by atoms with Gasteiger partial charge in [0, 0.05) is 11.6 Å². The Morgan fingerprint density at radius 2 is 1.96 bits per heavy atom. The molecule has 2 heterocycles. The van der Waals surface area contributed by atoms with Gasteiger partial charge in [0.05, 0.1) is 31.5 Å². The summed E-state index contributed by atoms with van der Waals surface area (Å²) in [7, 11) is 0. The van der Waals surface area contributed by atoms with Gasteiger partial charge in [0.1, 0.15) is 0 Å². The molecule has 4 nitrogen and oxygen atoms in total. The minimum absolute atomic E-state index is 0.224. The number of amides is 1. The third-order valence-corrected chi connectivity index (χ3v) is 5.97. The van der Waals surface area contributed by atoms with Crippen LogP contribution in [0.15, 0.2) is 54.6 Å². The Morgan fingerprint density at radius 1 is 1.14 bits per heavy atom. The number of hydrogen-bond acceptors (Lipinski definition) is 3. The second-order valence-corrected chi connectivity index (χ2v) is 8.25. The number of aromatic nitrogens is 2. The Balaban J connectivity index is 1.66. The Kier molecular flexibility index (Phi) is 5.40. The van der Waals surface area contributed by atoms with Crippen molar-refractivity contribution in [2.75, 3.05) is 5.32 Å². The number of imidazole rings is 1. The fourth-order valence-corrected chi connectivity index (χ4v) is 4.31. The molecular weight excluding hydrogens is 413 g/mol. The summed E-state index contributed by atoms with van der Waals surface area (Å²) in [6.07, 6.45) is 0.999. The maximum atomic E-state index is 12.7. The van der Waals surface area contributed by atoms with E-state index in [1.807, 2.05) is 30.3 Å². The molecule has 1 N–H and O–H groups in total. The summed E-state index contributed by atoms with van der Waals surface area (Å²) in [5, 5.41) is 3.78. The number of nitrogens with zero attached hydrogens (tertiary/aromatic N) is 2. The van der Waals surface area contributed by atoms with Gasteiger partial charge in [-0.2, -0.15) is 0 Å². The number of aryl methyl sites for hydroxylation is 1. The van der Waals surface area contributed by atoms with Crippen LogP contribution in [-0.2, 0) is 6.54 Å². The maximum Gasteiger partial charge on any atom is 0.265 e. The number of para-hydroxylation sites is 2. The lowest BCUT2D eigenvalue weighted by atomic mass is 10.3. The molecule has 0 aliphatic heterocycles. The lowest BCUT2D eigenvalue weighted by Crippen LogP contribution is -2.10. The number of fused-ring (bicyclic) bond motifs is 1. The van der Waals surface area contributed by atoms with Crippen LogP contribution in [0.2, 0.25) is 10.0 Å². The van der Waals surface area contributed by atoms with Crippen LogP contribution >= 0.6 is 34.5 Å². The number of carbonyl (C=O) groups excluding carboxylic acids is 1. The van der Waals surface area contributed by atoms with Crippen LogP contribution in [0.25, 0.3) is 21.7 Å². The van der Waals surface area contributed by atoms with Crippen LogP contribution in [0.5, 0.6) is 0 Å². The molecular formula is C21H17Cl2N3OS. The second-order valence-electron chi connectivity index (χ2n) is 6.32. The van der Waals surface area contributed by atoms with Gasteiger partial charge in [0.15, 0.2) is 5.82 Å². The molecule has 0 saturated heterocycles. The van der Waals surface area contributed by atoms with Gasteiger partial charge in [0.2, 0.25) is 0 Å². The highest BCUT2D eigenvalue weighted by atomic mass is 35.5. The van der Waals surface area contributed by atoms with Crippen molar-refractivity contribution in [3.63, 3.8) is 0 Å². The van der Waals surface area contributed by atoms with Crippen LogP contribution in [0.4, 0.5) is 5.69 Å². The molecule has 2 aromatic carbocycles. The summed E-state index contributed by atoms with van der Waals surface area (Å²) in [6.45, 7) is 3.01. The Labute approximate surface area is 176 Å². The highest BCUT2D eigenvalue weighted by Gasteiger charge is 2.17. The minimum Gasteiger partial charge on any atom is -0.323 e. The smallest absolute Gasteiger partial charge is 0.265 e. The average molecular weight is 430 g/mol. The van der Waals surface area contributed by atoms with Gasteiger partial charge in [-0.15, -0.1) is 11.3 Å². The van der Waals surface area contributed by atoms with Gasteiger partial charge < -0.3 is 9.88 Å². The third-order valence-electron chi connectivity index (χ3n) is 4.33. The molecule has 142 valence electrons. The lowest BCUT2D eigenvalue weighted by Gasteiger charge is -2.07. The first-order valence-corrected chi connectivity index (χ1v) is 10.5. The van der Waals surface area contributed by atoms with Gasteiger partial charge in [0.25, 0.3) is 5.91 Å². The second kappa shape index (κ2) is 7.95. The van der Waals surface area contributed by atoms with E-state index in [9.17, 15) is 4.79 Å². The largest absolute Gasteiger partial charge is 0.323 e. The molecule has 1 amide bonds. The van der Waals surface area contributed by atoms with Crippen molar-refractivity contribution < 1.29 is 4.79 Å². The number of halogens is 2. The van der Waals surface area contributed by atoms with Gasteiger partial charge in [-0.05, 0) is 48.9 Å². The van der Waals surface area contributed by atoms with Crippen molar-refractivity contribution in [1.82, 2.24) is 9.55 Å². The number of rotatable bonds is 5. The zero-order chi connectivity index (χ0) is 19.7. The van der Waals surface area contributed by atoms with Gasteiger partial charge in [-0.1, -0.05) is 42.3 Å². The molecule has 0 spiro atoms. The zero-order valence-corrected chi connectivity index (χ0v) is 17.4. The summed E-state index contributed by atoms with van der Waals surface area (Å²) in [6, 6.07) is 16.8. The van der Waals surface area contributed by atoms with Gasteiger partial charge >= 0.3 is 0 Å². The molecule has 4 aromatic rings. The van der Waals surface area contributed by atoms with Crippen LogP contribution < -0.4 is 5.32 Å². The zero-order valence-electron chi connectivity index (χ0n) is 15.1. The molecule has 28 heavy (non-hydrogen) atoms. The Hall–Kier alpha value is -2.34. The number of hydrogen-bond donors (Lipinski definition) is 1. The number of anilines is 1. The van der Waals surface area contributed by atoms with Crippen LogP contribution in [0.3, 0.4) is 0 Å². The molecule has 0 aliphatic carbocycles. The van der Waals surface area contributed by atoms with E-state index >= 15 is 0 Å². The number of thiophene rings is 1. The normalized spacial score (nSPS) is 11.1. The fraction of sp³-hybridized carbons (Fsp3) is 0.143. The van der Waals surface area contributed by atoms with Crippen molar-refractivity contribution in [3.8, 4) is 10.7 Å². The molecule has 7 heteroatoms. The Morgan fingerprint density at radius 3 is 2.79 bits per heavy atom. The first-order valence-electron chi connectivity index (χ1n) is 8.88. The summed E-state index contributed by atoms with van der Waals surface area (Å²) in [5.41, 5.74) is 2.55. The highest BCUT2D eigenvalue weighted by molar-refractivity contribution is 7.17. The molecule has 0 radical (unpaired) electrons. The molecule has 0 fully saturated rings. The Bertz CT molecular complexity index is 1170. The number of benzene rings is 2. The van der Waals surface area contributed by atoms with E-state index in [0.717, 1.165) is 34.7 Å². The molecule has 2 aromatic heterocycles. The molecule has 4 rings (SSSR count). The predicted molar refractivity (Wildman–Crippen MR) is 118 cm³/mol. The van der Waals surface area contributed by atoms with Crippen molar-refractivity contribution in [3.05, 3.63) is 69.5 Å². The lowest BCUT2D eigenvalue weighted by molar-refractivity contribution is 0.103. The van der Waals surface area contributed by atoms with Crippen molar-refractivity contribution >= 4 is 57.2 Å². The van der Waals surface area contributed by atoms with E-state index in [4.69, 9.17) is 28.2 Å². The fourth-order valence-electron chi connectivity index (χ4n) is 3.07. The van der Waals surface area contributed by atoms with Crippen LogP contribution in [0.1, 0.15) is 23.0 Å². The summed E-state index contributed by atoms with van der Waals surface area (Å²) < 4.78 is 2.21. The van der Waals surface area contributed by atoms with E-state index in [2.05, 4.69) is 22.9 Å². The molecule has 0 bridgehead atoms. The van der Waals surface area contributed by atoms with Crippen molar-refractivity contribution in [2.24, 2.45) is 0 Å². The van der Waals surface area contributed by atoms with Crippen molar-refractivity contribution in [1.29, 1.82) is 0 Å². The van der Waals surface area contributed by atoms with E-state index in [-0.39, 0.29) is 5.91 Å². The summed E-state index contributed by atoms with van der Waals surface area (Å²) in [4.78, 5) is 19.0. The SMILES string of the molecule is CCCn1c(-c2ccc(C(=O)Nc3cc(Cl)ccc3Cl)s2)nc2ccccc21. The average Bonchev–Trinajstić information content (AvgIpc) is 3.30. The molecule has 0 atom stereocenters. The molecule has 0 unspecified atom stereocenters. The van der Waals surface area contributed by atoms with E-state index in [1.54, 1.807) is 18.2 Å². The quantitative estimate of drug-likeness (QED) is 0.381. The predicted octanol–water partition coefficient (Wildman–Crippen LogP) is 6.73. The summed E-state index contributed by atoms with van der Waals surface area (Å²) in [5.74, 6) is 0.659. The van der Waals surface area contributed by atoms with E-state index in [1.165, 1.54) is 11.3 Å². The number of carbonyl (C=O) groups is 1. The van der Waals surface area contributed by atoms with Gasteiger partial charge in [-0.25, -0.2) is 4.98 Å². The minimum atomic E-state index is -0.224. The standard InChI is InChI=1S/C21H17Cl2N3OS/c1-2-11-26-17-6-4-3-5-15(17)24-20(26)18-9-10-19(28-18)21(27)25-16-12-13(22)7-8-14(16)23/h3-10,12H,2,11H2,1H3,(H,25,27).